The molecule has 4 nitrogen and oxygen atoms in total. The lowest BCUT2D eigenvalue weighted by Gasteiger charge is -2.04. The highest BCUT2D eigenvalue weighted by Gasteiger charge is 2.11. The summed E-state index contributed by atoms with van der Waals surface area (Å²) >= 11 is 1.29. The normalized spacial score (nSPS) is 10.5. The molecule has 122 valence electrons. The van der Waals surface area contributed by atoms with E-state index < -0.39 is 5.82 Å². The molecule has 1 amide bonds. The van der Waals surface area contributed by atoms with Crippen molar-refractivity contribution in [3.8, 4) is 17.0 Å². The van der Waals surface area contributed by atoms with E-state index in [-0.39, 0.29) is 11.7 Å². The number of methoxy groups -OCH3 is 1. The zero-order valence-electron chi connectivity index (χ0n) is 13.2. The van der Waals surface area contributed by atoms with Crippen LogP contribution in [0.15, 0.2) is 47.8 Å². The van der Waals surface area contributed by atoms with Crippen LogP contribution < -0.4 is 10.1 Å². The first-order chi connectivity index (χ1) is 11.6. The van der Waals surface area contributed by atoms with Crippen molar-refractivity contribution in [2.24, 2.45) is 0 Å². The maximum absolute atomic E-state index is 13.8. The van der Waals surface area contributed by atoms with Gasteiger partial charge in [-0.25, -0.2) is 9.37 Å². The molecule has 0 unspecified atom stereocenters. The standard InChI is InChI=1S/C18H15FN2O2S/c1-11-4-3-5-13(8-11)17(22)21-18-20-15(10-24-18)12-6-7-16(23-2)14(19)9-12/h3-10H,1-2H3,(H,20,21,22). The van der Waals surface area contributed by atoms with Gasteiger partial charge in [0.05, 0.1) is 12.8 Å². The zero-order chi connectivity index (χ0) is 17.1. The van der Waals surface area contributed by atoms with Crippen LogP contribution in [0.4, 0.5) is 9.52 Å². The first kappa shape index (κ1) is 16.1. The second kappa shape index (κ2) is 6.80. The van der Waals surface area contributed by atoms with E-state index in [0.717, 1.165) is 5.56 Å². The van der Waals surface area contributed by atoms with E-state index in [2.05, 4.69) is 10.3 Å². The van der Waals surface area contributed by atoms with E-state index in [1.54, 1.807) is 23.6 Å². The van der Waals surface area contributed by atoms with Gasteiger partial charge < -0.3 is 4.74 Å². The molecule has 24 heavy (non-hydrogen) atoms. The molecule has 3 aromatic rings. The van der Waals surface area contributed by atoms with Gasteiger partial charge in [-0.15, -0.1) is 11.3 Å². The van der Waals surface area contributed by atoms with Crippen molar-refractivity contribution in [1.82, 2.24) is 4.98 Å². The number of anilines is 1. The number of rotatable bonds is 4. The highest BCUT2D eigenvalue weighted by Crippen LogP contribution is 2.28. The van der Waals surface area contributed by atoms with Crippen molar-refractivity contribution in [2.75, 3.05) is 12.4 Å². The highest BCUT2D eigenvalue weighted by atomic mass is 32.1. The molecule has 0 aliphatic carbocycles. The minimum Gasteiger partial charge on any atom is -0.494 e. The fourth-order valence-electron chi connectivity index (χ4n) is 2.25. The number of nitrogens with zero attached hydrogens (tertiary/aromatic N) is 1. The summed E-state index contributed by atoms with van der Waals surface area (Å²) in [5.74, 6) is -0.490. The van der Waals surface area contributed by atoms with Gasteiger partial charge in [-0.1, -0.05) is 17.7 Å². The third kappa shape index (κ3) is 3.44. The lowest BCUT2D eigenvalue weighted by molar-refractivity contribution is 0.102. The smallest absolute Gasteiger partial charge is 0.257 e. The Morgan fingerprint density at radius 2 is 2.08 bits per heavy atom. The van der Waals surface area contributed by atoms with Gasteiger partial charge in [0.2, 0.25) is 0 Å². The molecule has 1 aromatic heterocycles. The summed E-state index contributed by atoms with van der Waals surface area (Å²) in [6.07, 6.45) is 0. The van der Waals surface area contributed by atoms with Crippen LogP contribution >= 0.6 is 11.3 Å². The summed E-state index contributed by atoms with van der Waals surface area (Å²) in [6.45, 7) is 1.93. The largest absolute Gasteiger partial charge is 0.494 e. The van der Waals surface area contributed by atoms with Gasteiger partial charge in [0.25, 0.3) is 5.91 Å². The summed E-state index contributed by atoms with van der Waals surface area (Å²) in [6, 6.07) is 11.9. The molecule has 3 rings (SSSR count). The molecule has 1 N–H and O–H groups in total. The maximum atomic E-state index is 13.8. The first-order valence-corrected chi connectivity index (χ1v) is 8.12. The predicted octanol–water partition coefficient (Wildman–Crippen LogP) is 4.52. The third-order valence-electron chi connectivity index (χ3n) is 3.45. The second-order valence-electron chi connectivity index (χ2n) is 5.21. The third-order valence-corrected chi connectivity index (χ3v) is 4.21. The summed E-state index contributed by atoms with van der Waals surface area (Å²) in [5.41, 5.74) is 2.81. The number of aryl methyl sites for hydroxylation is 1. The van der Waals surface area contributed by atoms with Gasteiger partial charge in [-0.05, 0) is 37.3 Å². The summed E-state index contributed by atoms with van der Waals surface area (Å²) in [7, 11) is 1.42. The molecule has 0 radical (unpaired) electrons. The van der Waals surface area contributed by atoms with Gasteiger partial charge >= 0.3 is 0 Å². The molecule has 2 aromatic carbocycles. The van der Waals surface area contributed by atoms with Crippen LogP contribution in [0.1, 0.15) is 15.9 Å². The van der Waals surface area contributed by atoms with Crippen molar-refractivity contribution in [3.05, 3.63) is 64.8 Å². The molecule has 0 spiro atoms. The van der Waals surface area contributed by atoms with Crippen LogP contribution in [-0.2, 0) is 0 Å². The van der Waals surface area contributed by atoms with Gasteiger partial charge in [0.1, 0.15) is 0 Å². The summed E-state index contributed by atoms with van der Waals surface area (Å²) in [4.78, 5) is 16.6. The Morgan fingerprint density at radius 1 is 1.25 bits per heavy atom. The van der Waals surface area contributed by atoms with Crippen LogP contribution in [0.3, 0.4) is 0 Å². The van der Waals surface area contributed by atoms with E-state index in [1.807, 2.05) is 25.1 Å². The molecule has 0 aliphatic heterocycles. The monoisotopic (exact) mass is 342 g/mol. The summed E-state index contributed by atoms with van der Waals surface area (Å²) in [5, 5.41) is 5.00. The van der Waals surface area contributed by atoms with E-state index >= 15 is 0 Å². The minimum absolute atomic E-state index is 0.182. The molecule has 1 heterocycles. The van der Waals surface area contributed by atoms with Crippen LogP contribution in [-0.4, -0.2) is 18.0 Å². The zero-order valence-corrected chi connectivity index (χ0v) is 14.0. The molecular weight excluding hydrogens is 327 g/mol. The number of hydrogen-bond donors (Lipinski definition) is 1. The van der Waals surface area contributed by atoms with Crippen LogP contribution in [0.25, 0.3) is 11.3 Å². The van der Waals surface area contributed by atoms with Crippen molar-refractivity contribution in [2.45, 2.75) is 6.92 Å². The quantitative estimate of drug-likeness (QED) is 0.758. The Bertz CT molecular complexity index is 892. The number of amides is 1. The van der Waals surface area contributed by atoms with E-state index in [1.165, 1.54) is 24.5 Å². The van der Waals surface area contributed by atoms with Crippen LogP contribution in [0.5, 0.6) is 5.75 Å². The number of carbonyl (C=O) groups excluding carboxylic acids is 1. The lowest BCUT2D eigenvalue weighted by atomic mass is 10.1. The SMILES string of the molecule is COc1ccc(-c2csc(NC(=O)c3cccc(C)c3)n2)cc1F. The molecule has 0 saturated heterocycles. The number of thiazole rings is 1. The summed E-state index contributed by atoms with van der Waals surface area (Å²) < 4.78 is 18.7. The second-order valence-corrected chi connectivity index (χ2v) is 6.07. The topological polar surface area (TPSA) is 51.2 Å². The Morgan fingerprint density at radius 3 is 2.79 bits per heavy atom. The Labute approximate surface area is 142 Å². The average Bonchev–Trinajstić information content (AvgIpc) is 3.03. The van der Waals surface area contributed by atoms with E-state index in [9.17, 15) is 9.18 Å². The fraction of sp³-hybridized carbons (Fsp3) is 0.111. The number of nitrogens with one attached hydrogen (secondary N) is 1. The van der Waals surface area contributed by atoms with Crippen molar-refractivity contribution < 1.29 is 13.9 Å². The number of ether oxygens (including phenoxy) is 1. The maximum Gasteiger partial charge on any atom is 0.257 e. The fourth-order valence-corrected chi connectivity index (χ4v) is 2.96. The first-order valence-electron chi connectivity index (χ1n) is 7.24. The molecule has 0 aliphatic rings. The van der Waals surface area contributed by atoms with Crippen molar-refractivity contribution in [1.29, 1.82) is 0 Å². The molecule has 0 atom stereocenters. The molecule has 0 bridgehead atoms. The van der Waals surface area contributed by atoms with Gasteiger partial charge in [-0.2, -0.15) is 0 Å². The van der Waals surface area contributed by atoms with Gasteiger partial charge in [0.15, 0.2) is 16.7 Å². The molecule has 0 fully saturated rings. The predicted molar refractivity (Wildman–Crippen MR) is 93.2 cm³/mol. The van der Waals surface area contributed by atoms with Gasteiger partial charge in [0, 0.05) is 16.5 Å². The number of hydrogen-bond acceptors (Lipinski definition) is 4. The van der Waals surface area contributed by atoms with Crippen LogP contribution in [0, 0.1) is 12.7 Å². The molecular formula is C18H15FN2O2S. The number of carbonyl (C=O) groups is 1. The molecule has 6 heteroatoms. The Balaban J connectivity index is 1.78. The minimum atomic E-state index is -0.451. The Kier molecular flexibility index (Phi) is 4.57. The molecule has 0 saturated carbocycles. The number of halogens is 1. The Hall–Kier alpha value is -2.73. The average molecular weight is 342 g/mol. The van der Waals surface area contributed by atoms with E-state index in [0.29, 0.717) is 22.0 Å². The van der Waals surface area contributed by atoms with Crippen LogP contribution in [0.2, 0.25) is 0 Å². The van der Waals surface area contributed by atoms with Crippen molar-refractivity contribution >= 4 is 22.4 Å². The highest BCUT2D eigenvalue weighted by molar-refractivity contribution is 7.14. The van der Waals surface area contributed by atoms with E-state index in [4.69, 9.17) is 4.74 Å². The lowest BCUT2D eigenvalue weighted by Crippen LogP contribution is -2.11. The van der Waals surface area contributed by atoms with Crippen molar-refractivity contribution in [3.63, 3.8) is 0 Å². The number of aromatic nitrogens is 1. The number of benzene rings is 2. The van der Waals surface area contributed by atoms with Gasteiger partial charge in [-0.3, -0.25) is 10.1 Å².